The molecule has 1 rings (SSSR count). The number of anilines is 1. The summed E-state index contributed by atoms with van der Waals surface area (Å²) in [7, 11) is 1.64. The van der Waals surface area contributed by atoms with Gasteiger partial charge in [0.15, 0.2) is 0 Å². The maximum absolute atomic E-state index is 5.89. The summed E-state index contributed by atoms with van der Waals surface area (Å²) in [4.78, 5) is 2.46. The van der Waals surface area contributed by atoms with Crippen molar-refractivity contribution in [1.29, 1.82) is 0 Å². The molecular formula is C16H28N2O2. The van der Waals surface area contributed by atoms with Crippen LogP contribution in [0.4, 0.5) is 5.69 Å². The first-order valence-corrected chi connectivity index (χ1v) is 7.27. The molecule has 0 spiro atoms. The molecule has 0 radical (unpaired) electrons. The fourth-order valence-corrected chi connectivity index (χ4v) is 2.31. The molecule has 0 aliphatic heterocycles. The van der Waals surface area contributed by atoms with E-state index in [1.807, 2.05) is 18.2 Å². The minimum Gasteiger partial charge on any atom is -0.497 e. The molecule has 0 aliphatic rings. The van der Waals surface area contributed by atoms with Crippen LogP contribution in [0.15, 0.2) is 18.2 Å². The van der Waals surface area contributed by atoms with Crippen molar-refractivity contribution < 1.29 is 9.47 Å². The Bertz CT molecular complexity index is 397. The van der Waals surface area contributed by atoms with Gasteiger partial charge in [-0.05, 0) is 46.2 Å². The first-order valence-electron chi connectivity index (χ1n) is 7.27. The maximum Gasteiger partial charge on any atom is 0.145 e. The van der Waals surface area contributed by atoms with Gasteiger partial charge in [0.1, 0.15) is 11.5 Å². The summed E-state index contributed by atoms with van der Waals surface area (Å²) in [5, 5.41) is 0. The van der Waals surface area contributed by atoms with Crippen molar-refractivity contribution in [2.45, 2.75) is 46.2 Å². The summed E-state index contributed by atoms with van der Waals surface area (Å²) >= 11 is 0. The quantitative estimate of drug-likeness (QED) is 0.587. The zero-order chi connectivity index (χ0) is 15.1. The fourth-order valence-electron chi connectivity index (χ4n) is 2.31. The molecule has 2 N–H and O–H groups in total. The fraction of sp³-hybridized carbons (Fsp3) is 0.625. The Morgan fingerprint density at radius 1 is 1.15 bits per heavy atom. The van der Waals surface area contributed by atoms with Gasteiger partial charge in [0.25, 0.3) is 0 Å². The lowest BCUT2D eigenvalue weighted by Crippen LogP contribution is -2.38. The van der Waals surface area contributed by atoms with Gasteiger partial charge in [-0.2, -0.15) is 0 Å². The molecule has 0 aliphatic carbocycles. The first-order chi connectivity index (χ1) is 9.45. The van der Waals surface area contributed by atoms with Crippen LogP contribution in [0.1, 0.15) is 34.1 Å². The Kier molecular flexibility index (Phi) is 6.65. The van der Waals surface area contributed by atoms with Crippen LogP contribution < -0.4 is 15.2 Å². The Morgan fingerprint density at radius 3 is 2.35 bits per heavy atom. The predicted molar refractivity (Wildman–Crippen MR) is 84.5 cm³/mol. The van der Waals surface area contributed by atoms with Crippen molar-refractivity contribution in [3.05, 3.63) is 18.2 Å². The third-order valence-corrected chi connectivity index (χ3v) is 3.37. The number of ether oxygens (including phenoxy) is 2. The minimum absolute atomic E-state index is 0.553. The molecule has 0 unspecified atom stereocenters. The summed E-state index contributed by atoms with van der Waals surface area (Å²) in [6.07, 6.45) is 0.979. The first kappa shape index (κ1) is 16.6. The molecule has 1 aromatic carbocycles. The van der Waals surface area contributed by atoms with Crippen LogP contribution >= 0.6 is 0 Å². The number of rotatable bonds is 8. The molecule has 0 heterocycles. The second-order valence-electron chi connectivity index (χ2n) is 5.53. The molecule has 0 aromatic heterocycles. The molecule has 0 saturated carbocycles. The molecule has 0 atom stereocenters. The average Bonchev–Trinajstić information content (AvgIpc) is 2.39. The summed E-state index contributed by atoms with van der Waals surface area (Å²) in [5.74, 6) is 1.46. The standard InChI is InChI=1S/C16H28N2O2/c1-12(2)18(13(3)4)9-6-10-20-16-11-14(19-5)7-8-15(16)17/h7-8,11-13H,6,9-10,17H2,1-5H3. The summed E-state index contributed by atoms with van der Waals surface area (Å²) in [6.45, 7) is 10.6. The SMILES string of the molecule is COc1ccc(N)c(OCCCN(C(C)C)C(C)C)c1. The van der Waals surface area contributed by atoms with E-state index in [4.69, 9.17) is 15.2 Å². The Balaban J connectivity index is 2.44. The smallest absolute Gasteiger partial charge is 0.145 e. The van der Waals surface area contributed by atoms with Gasteiger partial charge in [0.05, 0.1) is 19.4 Å². The van der Waals surface area contributed by atoms with E-state index in [-0.39, 0.29) is 0 Å². The van der Waals surface area contributed by atoms with Gasteiger partial charge in [-0.3, -0.25) is 4.90 Å². The van der Waals surface area contributed by atoms with Crippen LogP contribution in [0.2, 0.25) is 0 Å². The molecule has 1 aromatic rings. The second-order valence-corrected chi connectivity index (χ2v) is 5.53. The molecule has 0 fully saturated rings. The highest BCUT2D eigenvalue weighted by atomic mass is 16.5. The third kappa shape index (κ3) is 4.93. The average molecular weight is 280 g/mol. The van der Waals surface area contributed by atoms with E-state index in [1.54, 1.807) is 7.11 Å². The number of methoxy groups -OCH3 is 1. The van der Waals surface area contributed by atoms with Crippen molar-refractivity contribution in [3.63, 3.8) is 0 Å². The van der Waals surface area contributed by atoms with Gasteiger partial charge in [-0.25, -0.2) is 0 Å². The van der Waals surface area contributed by atoms with Crippen LogP contribution in [-0.4, -0.2) is 37.2 Å². The van der Waals surface area contributed by atoms with Gasteiger partial charge >= 0.3 is 0 Å². The van der Waals surface area contributed by atoms with E-state index < -0.39 is 0 Å². The van der Waals surface area contributed by atoms with Crippen molar-refractivity contribution in [2.24, 2.45) is 0 Å². The molecule has 0 amide bonds. The highest BCUT2D eigenvalue weighted by Crippen LogP contribution is 2.26. The topological polar surface area (TPSA) is 47.7 Å². The molecule has 0 saturated heterocycles. The number of benzene rings is 1. The molecule has 4 nitrogen and oxygen atoms in total. The zero-order valence-corrected chi connectivity index (χ0v) is 13.3. The molecule has 114 valence electrons. The van der Waals surface area contributed by atoms with E-state index in [0.717, 1.165) is 18.7 Å². The zero-order valence-electron chi connectivity index (χ0n) is 13.3. The highest BCUT2D eigenvalue weighted by Gasteiger charge is 2.12. The molecule has 20 heavy (non-hydrogen) atoms. The molecule has 4 heteroatoms. The number of nitrogens with two attached hydrogens (primary N) is 1. The van der Waals surface area contributed by atoms with Gasteiger partial charge in [0, 0.05) is 24.7 Å². The van der Waals surface area contributed by atoms with E-state index in [2.05, 4.69) is 32.6 Å². The van der Waals surface area contributed by atoms with Crippen molar-refractivity contribution in [3.8, 4) is 11.5 Å². The molecule has 0 bridgehead atoms. The van der Waals surface area contributed by atoms with Crippen molar-refractivity contribution in [1.82, 2.24) is 4.90 Å². The third-order valence-electron chi connectivity index (χ3n) is 3.37. The van der Waals surface area contributed by atoms with E-state index in [1.165, 1.54) is 0 Å². The molecular weight excluding hydrogens is 252 g/mol. The van der Waals surface area contributed by atoms with E-state index in [0.29, 0.717) is 30.1 Å². The number of nitrogens with zero attached hydrogens (tertiary/aromatic N) is 1. The van der Waals surface area contributed by atoms with Crippen LogP contribution in [0.5, 0.6) is 11.5 Å². The minimum atomic E-state index is 0.553. The lowest BCUT2D eigenvalue weighted by atomic mass is 10.2. The summed E-state index contributed by atoms with van der Waals surface area (Å²) in [5.41, 5.74) is 6.54. The van der Waals surface area contributed by atoms with Gasteiger partial charge in [-0.1, -0.05) is 0 Å². The van der Waals surface area contributed by atoms with E-state index >= 15 is 0 Å². The van der Waals surface area contributed by atoms with Crippen LogP contribution in [0, 0.1) is 0 Å². The number of hydrogen-bond acceptors (Lipinski definition) is 4. The van der Waals surface area contributed by atoms with E-state index in [9.17, 15) is 0 Å². The monoisotopic (exact) mass is 280 g/mol. The van der Waals surface area contributed by atoms with Crippen LogP contribution in [0.3, 0.4) is 0 Å². The maximum atomic E-state index is 5.89. The summed E-state index contributed by atoms with van der Waals surface area (Å²) in [6, 6.07) is 6.58. The van der Waals surface area contributed by atoms with Crippen LogP contribution in [-0.2, 0) is 0 Å². The highest BCUT2D eigenvalue weighted by molar-refractivity contribution is 5.55. The van der Waals surface area contributed by atoms with Crippen molar-refractivity contribution in [2.75, 3.05) is 26.0 Å². The van der Waals surface area contributed by atoms with Gasteiger partial charge in [-0.15, -0.1) is 0 Å². The van der Waals surface area contributed by atoms with Crippen LogP contribution in [0.25, 0.3) is 0 Å². The van der Waals surface area contributed by atoms with Gasteiger partial charge in [0.2, 0.25) is 0 Å². The lowest BCUT2D eigenvalue weighted by molar-refractivity contribution is 0.160. The number of nitrogen functional groups attached to an aromatic ring is 1. The normalized spacial score (nSPS) is 11.4. The summed E-state index contributed by atoms with van der Waals surface area (Å²) < 4.78 is 10.9. The second kappa shape index (κ2) is 8.00. The Morgan fingerprint density at radius 2 is 1.80 bits per heavy atom. The van der Waals surface area contributed by atoms with Gasteiger partial charge < -0.3 is 15.2 Å². The Hall–Kier alpha value is -1.42. The Labute approximate surface area is 122 Å². The predicted octanol–water partition coefficient (Wildman–Crippen LogP) is 3.17. The lowest BCUT2D eigenvalue weighted by Gasteiger charge is -2.30. The largest absolute Gasteiger partial charge is 0.497 e. The number of hydrogen-bond donors (Lipinski definition) is 1. The van der Waals surface area contributed by atoms with Crippen molar-refractivity contribution >= 4 is 5.69 Å².